The molecule has 16 heavy (non-hydrogen) atoms. The summed E-state index contributed by atoms with van der Waals surface area (Å²) in [7, 11) is 0. The average Bonchev–Trinajstić information content (AvgIpc) is 2.67. The lowest BCUT2D eigenvalue weighted by atomic mass is 9.92. The summed E-state index contributed by atoms with van der Waals surface area (Å²) in [6.45, 7) is 12.6. The maximum absolute atomic E-state index is 4.92. The van der Waals surface area contributed by atoms with E-state index in [4.69, 9.17) is 5.73 Å². The Hall–Kier alpha value is -0.770. The van der Waals surface area contributed by atoms with Crippen molar-refractivity contribution in [2.45, 2.75) is 47.0 Å². The minimum atomic E-state index is 0.407. The van der Waals surface area contributed by atoms with E-state index in [1.807, 2.05) is 0 Å². The van der Waals surface area contributed by atoms with Crippen LogP contribution in [0.15, 0.2) is 5.10 Å². The van der Waals surface area contributed by atoms with Gasteiger partial charge in [0.25, 0.3) is 0 Å². The largest absolute Gasteiger partial charge is 0.386 e. The first kappa shape index (κ1) is 15.2. The molecule has 96 valence electrons. The SMILES string of the molecule is C/C(N)=N/N.CC(C)(C)CCN1CCCC1. The molecular formula is C12H28N4. The molecule has 1 aliphatic rings. The van der Waals surface area contributed by atoms with Gasteiger partial charge < -0.3 is 16.5 Å². The summed E-state index contributed by atoms with van der Waals surface area (Å²) in [5, 5.41) is 3.08. The van der Waals surface area contributed by atoms with Crippen molar-refractivity contribution in [1.29, 1.82) is 0 Å². The first-order valence-corrected chi connectivity index (χ1v) is 6.07. The van der Waals surface area contributed by atoms with E-state index in [1.165, 1.54) is 38.9 Å². The minimum Gasteiger partial charge on any atom is -0.386 e. The van der Waals surface area contributed by atoms with Gasteiger partial charge in [0.1, 0.15) is 5.84 Å². The van der Waals surface area contributed by atoms with Crippen molar-refractivity contribution in [3.05, 3.63) is 0 Å². The molecule has 1 rings (SSSR count). The van der Waals surface area contributed by atoms with Crippen LogP contribution < -0.4 is 11.6 Å². The molecule has 4 N–H and O–H groups in total. The van der Waals surface area contributed by atoms with Crippen molar-refractivity contribution in [3.8, 4) is 0 Å². The summed E-state index contributed by atoms with van der Waals surface area (Å²) < 4.78 is 0. The minimum absolute atomic E-state index is 0.407. The standard InChI is InChI=1S/C10H21N.C2H7N3/c1-10(2,3)6-9-11-7-4-5-8-11;1-2(3)5-4/h4-9H2,1-3H3;4H2,1H3,(H2,3,5). The van der Waals surface area contributed by atoms with E-state index in [-0.39, 0.29) is 0 Å². The number of nitrogens with zero attached hydrogens (tertiary/aromatic N) is 2. The second-order valence-electron chi connectivity index (χ2n) is 5.63. The Labute approximate surface area is 100 Å². The van der Waals surface area contributed by atoms with Crippen LogP contribution in [0.4, 0.5) is 0 Å². The molecule has 0 radical (unpaired) electrons. The van der Waals surface area contributed by atoms with E-state index in [2.05, 4.69) is 36.6 Å². The fourth-order valence-corrected chi connectivity index (χ4v) is 1.50. The Kier molecular flexibility index (Phi) is 7.13. The molecule has 1 fully saturated rings. The Morgan fingerprint density at radius 2 is 1.69 bits per heavy atom. The lowest BCUT2D eigenvalue weighted by Gasteiger charge is -2.22. The van der Waals surface area contributed by atoms with Gasteiger partial charge in [-0.25, -0.2) is 0 Å². The van der Waals surface area contributed by atoms with Crippen LogP contribution in [0.2, 0.25) is 0 Å². The van der Waals surface area contributed by atoms with Crippen LogP contribution in [0, 0.1) is 5.41 Å². The van der Waals surface area contributed by atoms with Crippen LogP contribution in [0.25, 0.3) is 0 Å². The van der Waals surface area contributed by atoms with Gasteiger partial charge in [-0.3, -0.25) is 0 Å². The molecule has 0 aromatic heterocycles. The molecule has 1 heterocycles. The third-order valence-electron chi connectivity index (χ3n) is 2.58. The molecule has 0 bridgehead atoms. The van der Waals surface area contributed by atoms with E-state index < -0.39 is 0 Å². The second-order valence-corrected chi connectivity index (χ2v) is 5.63. The third kappa shape index (κ3) is 9.77. The van der Waals surface area contributed by atoms with E-state index in [0.29, 0.717) is 11.3 Å². The first-order valence-electron chi connectivity index (χ1n) is 6.07. The number of likely N-dealkylation sites (tertiary alicyclic amines) is 1. The van der Waals surface area contributed by atoms with Crippen molar-refractivity contribution in [1.82, 2.24) is 4.90 Å². The van der Waals surface area contributed by atoms with Crippen LogP contribution >= 0.6 is 0 Å². The Balaban J connectivity index is 0.000000385. The van der Waals surface area contributed by atoms with E-state index in [1.54, 1.807) is 6.92 Å². The third-order valence-corrected chi connectivity index (χ3v) is 2.58. The summed E-state index contributed by atoms with van der Waals surface area (Å²) in [6.07, 6.45) is 4.18. The molecule has 0 unspecified atom stereocenters. The van der Waals surface area contributed by atoms with Crippen molar-refractivity contribution in [2.75, 3.05) is 19.6 Å². The molecule has 0 aromatic carbocycles. The second kappa shape index (κ2) is 7.49. The van der Waals surface area contributed by atoms with E-state index >= 15 is 0 Å². The fraction of sp³-hybridized carbons (Fsp3) is 0.917. The fourth-order valence-electron chi connectivity index (χ4n) is 1.50. The van der Waals surface area contributed by atoms with Crippen LogP contribution in [0.5, 0.6) is 0 Å². The number of rotatable bonds is 2. The summed E-state index contributed by atoms with van der Waals surface area (Å²) >= 11 is 0. The van der Waals surface area contributed by atoms with Crippen molar-refractivity contribution in [3.63, 3.8) is 0 Å². The van der Waals surface area contributed by atoms with E-state index in [0.717, 1.165) is 0 Å². The van der Waals surface area contributed by atoms with Gasteiger partial charge in [-0.2, -0.15) is 5.10 Å². The van der Waals surface area contributed by atoms with Gasteiger partial charge in [-0.15, -0.1) is 0 Å². The van der Waals surface area contributed by atoms with Gasteiger partial charge in [-0.1, -0.05) is 20.8 Å². The van der Waals surface area contributed by atoms with Crippen LogP contribution in [-0.2, 0) is 0 Å². The molecule has 1 saturated heterocycles. The average molecular weight is 228 g/mol. The van der Waals surface area contributed by atoms with Gasteiger partial charge >= 0.3 is 0 Å². The first-order chi connectivity index (χ1) is 7.35. The zero-order valence-corrected chi connectivity index (χ0v) is 11.3. The molecule has 0 aromatic rings. The molecule has 4 heteroatoms. The molecule has 1 aliphatic heterocycles. The number of hydrogen-bond donors (Lipinski definition) is 2. The number of hydrogen-bond acceptors (Lipinski definition) is 3. The monoisotopic (exact) mass is 228 g/mol. The molecule has 0 aliphatic carbocycles. The highest BCUT2D eigenvalue weighted by molar-refractivity contribution is 5.76. The van der Waals surface area contributed by atoms with Gasteiger partial charge in [-0.05, 0) is 51.2 Å². The Morgan fingerprint density at radius 1 is 1.25 bits per heavy atom. The van der Waals surface area contributed by atoms with Gasteiger partial charge in [0.15, 0.2) is 0 Å². The lowest BCUT2D eigenvalue weighted by Crippen LogP contribution is -2.24. The molecule has 0 spiro atoms. The van der Waals surface area contributed by atoms with Gasteiger partial charge in [0.2, 0.25) is 0 Å². The summed E-state index contributed by atoms with van der Waals surface area (Å²) in [4.78, 5) is 2.59. The van der Waals surface area contributed by atoms with Crippen LogP contribution in [0.3, 0.4) is 0 Å². The summed E-state index contributed by atoms with van der Waals surface area (Å²) in [5.74, 6) is 5.04. The Morgan fingerprint density at radius 3 is 2.00 bits per heavy atom. The summed E-state index contributed by atoms with van der Waals surface area (Å²) in [6, 6.07) is 0. The van der Waals surface area contributed by atoms with Crippen LogP contribution in [0.1, 0.15) is 47.0 Å². The highest BCUT2D eigenvalue weighted by Gasteiger charge is 2.15. The maximum Gasteiger partial charge on any atom is 0.116 e. The molecule has 0 atom stereocenters. The molecule has 0 saturated carbocycles. The summed E-state index contributed by atoms with van der Waals surface area (Å²) in [5.41, 5.74) is 5.43. The van der Waals surface area contributed by atoms with Crippen molar-refractivity contribution >= 4 is 5.84 Å². The quantitative estimate of drug-likeness (QED) is 0.327. The molecular weight excluding hydrogens is 200 g/mol. The van der Waals surface area contributed by atoms with E-state index in [9.17, 15) is 0 Å². The predicted octanol–water partition coefficient (Wildman–Crippen LogP) is 1.76. The maximum atomic E-state index is 4.92. The molecule has 4 nitrogen and oxygen atoms in total. The number of amidine groups is 1. The highest BCUT2D eigenvalue weighted by Crippen LogP contribution is 2.20. The molecule has 0 amide bonds. The predicted molar refractivity (Wildman–Crippen MR) is 71.2 cm³/mol. The van der Waals surface area contributed by atoms with Crippen molar-refractivity contribution in [2.24, 2.45) is 22.1 Å². The van der Waals surface area contributed by atoms with Crippen LogP contribution in [-0.4, -0.2) is 30.4 Å². The van der Waals surface area contributed by atoms with Crippen molar-refractivity contribution < 1.29 is 0 Å². The lowest BCUT2D eigenvalue weighted by molar-refractivity contribution is 0.265. The zero-order valence-electron chi connectivity index (χ0n) is 11.3. The normalized spacial score (nSPS) is 18.1. The Bertz CT molecular complexity index is 196. The number of nitrogens with two attached hydrogens (primary N) is 2. The van der Waals surface area contributed by atoms with Gasteiger partial charge in [0, 0.05) is 0 Å². The van der Waals surface area contributed by atoms with Gasteiger partial charge in [0.05, 0.1) is 0 Å². The zero-order chi connectivity index (χ0) is 12.6. The topological polar surface area (TPSA) is 67.6 Å². The number of hydrazone groups is 1. The smallest absolute Gasteiger partial charge is 0.116 e. The highest BCUT2D eigenvalue weighted by atomic mass is 15.1.